The smallest absolute Gasteiger partial charge is 0.266 e. The zero-order valence-electron chi connectivity index (χ0n) is 12.9. The van der Waals surface area contributed by atoms with Gasteiger partial charge in [-0.05, 0) is 36.3 Å². The number of aromatic amines is 1. The molecule has 0 radical (unpaired) electrons. The zero-order valence-corrected chi connectivity index (χ0v) is 13.7. The van der Waals surface area contributed by atoms with Crippen molar-refractivity contribution >= 4 is 29.3 Å². The third kappa shape index (κ3) is 3.58. The van der Waals surface area contributed by atoms with Gasteiger partial charge in [-0.3, -0.25) is 9.59 Å². The maximum Gasteiger partial charge on any atom is 0.266 e. The first-order valence-corrected chi connectivity index (χ1v) is 8.13. The summed E-state index contributed by atoms with van der Waals surface area (Å²) >= 11 is 1.19. The van der Waals surface area contributed by atoms with Crippen molar-refractivity contribution in [2.24, 2.45) is 0 Å². The average Bonchev–Trinajstić information content (AvgIpc) is 2.89. The molecule has 2 aromatic carbocycles. The monoisotopic (exact) mass is 339 g/mol. The van der Waals surface area contributed by atoms with Crippen molar-refractivity contribution < 1.29 is 9.18 Å². The number of H-pyrrole nitrogens is 1. The lowest BCUT2D eigenvalue weighted by Gasteiger charge is -1.99. The van der Waals surface area contributed by atoms with Crippen LogP contribution in [0.2, 0.25) is 0 Å². The number of aromatic nitrogens is 1. The molecule has 1 N–H and O–H groups in total. The second-order valence-electron chi connectivity index (χ2n) is 5.30. The molecule has 0 spiro atoms. The molecule has 3 rings (SSSR count). The fourth-order valence-electron chi connectivity index (χ4n) is 2.28. The summed E-state index contributed by atoms with van der Waals surface area (Å²) in [5.41, 5.74) is 1.94. The van der Waals surface area contributed by atoms with Gasteiger partial charge < -0.3 is 4.98 Å². The van der Waals surface area contributed by atoms with Crippen LogP contribution in [0.5, 0.6) is 0 Å². The van der Waals surface area contributed by atoms with E-state index >= 15 is 0 Å². The van der Waals surface area contributed by atoms with Gasteiger partial charge >= 0.3 is 0 Å². The standard InChI is InChI=1S/C19H14FNO2S/c1-12-4-2-3-5-15(12)16(22)11-18-21-19(23)17(24-18)10-13-6-8-14(20)9-7-13/h2-11H,1H3,(H,21,23)/b17-10-,18-11-. The Kier molecular flexibility index (Phi) is 4.53. The first-order chi connectivity index (χ1) is 11.5. The molecule has 3 aromatic rings. The molecule has 120 valence electrons. The highest BCUT2D eigenvalue weighted by molar-refractivity contribution is 7.07. The number of nitrogens with one attached hydrogen (secondary N) is 1. The van der Waals surface area contributed by atoms with Crippen molar-refractivity contribution in [2.75, 3.05) is 0 Å². The number of carbonyl (C=O) groups is 1. The number of Topliss-reactive ketones (excluding diaryl/α,β-unsaturated/α-hetero) is 1. The van der Waals surface area contributed by atoms with E-state index in [0.29, 0.717) is 14.8 Å². The van der Waals surface area contributed by atoms with E-state index < -0.39 is 0 Å². The number of ketones is 1. The number of hydrogen-bond acceptors (Lipinski definition) is 3. The van der Waals surface area contributed by atoms with E-state index in [1.807, 2.05) is 19.1 Å². The Labute approximate surface area is 141 Å². The van der Waals surface area contributed by atoms with Gasteiger partial charge in [-0.1, -0.05) is 36.4 Å². The summed E-state index contributed by atoms with van der Waals surface area (Å²) in [6, 6.07) is 13.2. The maximum absolute atomic E-state index is 12.9. The van der Waals surface area contributed by atoms with Crippen molar-refractivity contribution in [3.63, 3.8) is 0 Å². The minimum absolute atomic E-state index is 0.154. The van der Waals surface area contributed by atoms with Crippen molar-refractivity contribution in [2.45, 2.75) is 6.92 Å². The molecule has 1 heterocycles. The van der Waals surface area contributed by atoms with Gasteiger partial charge in [0.1, 0.15) is 5.82 Å². The van der Waals surface area contributed by atoms with Crippen LogP contribution in [0.3, 0.4) is 0 Å². The topological polar surface area (TPSA) is 49.9 Å². The summed E-state index contributed by atoms with van der Waals surface area (Å²) in [5, 5.41) is 0. The van der Waals surface area contributed by atoms with E-state index in [2.05, 4.69) is 4.98 Å². The molecule has 1 aromatic heterocycles. The Bertz CT molecular complexity index is 1060. The maximum atomic E-state index is 12.9. The van der Waals surface area contributed by atoms with E-state index in [4.69, 9.17) is 0 Å². The van der Waals surface area contributed by atoms with Crippen molar-refractivity contribution in [3.8, 4) is 0 Å². The first-order valence-electron chi connectivity index (χ1n) is 7.31. The van der Waals surface area contributed by atoms with Crippen LogP contribution in [0.4, 0.5) is 4.39 Å². The molecule has 0 amide bonds. The summed E-state index contributed by atoms with van der Waals surface area (Å²) in [6.07, 6.45) is 3.09. The second kappa shape index (κ2) is 6.76. The number of benzene rings is 2. The third-order valence-electron chi connectivity index (χ3n) is 3.52. The Balaban J connectivity index is 2.00. The van der Waals surface area contributed by atoms with Gasteiger partial charge in [-0.15, -0.1) is 11.3 Å². The van der Waals surface area contributed by atoms with Gasteiger partial charge in [0.2, 0.25) is 0 Å². The van der Waals surface area contributed by atoms with Gasteiger partial charge in [-0.25, -0.2) is 4.39 Å². The molecule has 24 heavy (non-hydrogen) atoms. The third-order valence-corrected chi connectivity index (χ3v) is 4.48. The van der Waals surface area contributed by atoms with E-state index in [1.165, 1.54) is 29.5 Å². The van der Waals surface area contributed by atoms with Crippen LogP contribution >= 0.6 is 11.3 Å². The Morgan fingerprint density at radius 1 is 1.12 bits per heavy atom. The summed E-state index contributed by atoms with van der Waals surface area (Å²) < 4.78 is 13.9. The molecule has 0 saturated heterocycles. The van der Waals surface area contributed by atoms with Gasteiger partial charge in [0, 0.05) is 11.6 Å². The fourth-order valence-corrected chi connectivity index (χ4v) is 3.17. The highest BCUT2D eigenvalue weighted by Gasteiger charge is 2.05. The van der Waals surface area contributed by atoms with E-state index in [9.17, 15) is 14.0 Å². The lowest BCUT2D eigenvalue weighted by Crippen LogP contribution is -2.20. The predicted octanol–water partition coefficient (Wildman–Crippen LogP) is 2.38. The molecule has 5 heteroatoms. The summed E-state index contributed by atoms with van der Waals surface area (Å²) in [4.78, 5) is 27.0. The molecule has 3 nitrogen and oxygen atoms in total. The van der Waals surface area contributed by atoms with Crippen LogP contribution in [0.25, 0.3) is 12.2 Å². The number of carbonyl (C=O) groups excluding carboxylic acids is 1. The molecule has 0 aliphatic rings. The zero-order chi connectivity index (χ0) is 17.1. The van der Waals surface area contributed by atoms with Gasteiger partial charge in [0.05, 0.1) is 9.20 Å². The quantitative estimate of drug-likeness (QED) is 0.745. The van der Waals surface area contributed by atoms with Crippen LogP contribution in [0.15, 0.2) is 53.3 Å². The van der Waals surface area contributed by atoms with Gasteiger partial charge in [-0.2, -0.15) is 0 Å². The molecule has 0 saturated carbocycles. The number of halogens is 1. The van der Waals surface area contributed by atoms with Crippen molar-refractivity contribution in [1.82, 2.24) is 4.98 Å². The van der Waals surface area contributed by atoms with Crippen molar-refractivity contribution in [3.05, 3.63) is 90.6 Å². The predicted molar refractivity (Wildman–Crippen MR) is 94.1 cm³/mol. The fraction of sp³-hybridized carbons (Fsp3) is 0.0526. The SMILES string of the molecule is Cc1ccccc1C(=O)/C=c1/[nH]c(=O)/c(=C/c2ccc(F)cc2)s1. The van der Waals surface area contributed by atoms with Crippen LogP contribution in [0, 0.1) is 12.7 Å². The summed E-state index contributed by atoms with van der Waals surface area (Å²) in [7, 11) is 0. The Morgan fingerprint density at radius 3 is 2.54 bits per heavy atom. The van der Waals surface area contributed by atoms with Crippen LogP contribution in [-0.4, -0.2) is 10.8 Å². The molecule has 0 bridgehead atoms. The van der Waals surface area contributed by atoms with E-state index in [-0.39, 0.29) is 17.2 Å². The van der Waals surface area contributed by atoms with Crippen LogP contribution in [-0.2, 0) is 0 Å². The van der Waals surface area contributed by atoms with Gasteiger partial charge in [0.25, 0.3) is 5.56 Å². The summed E-state index contributed by atoms with van der Waals surface area (Å²) in [6.45, 7) is 1.87. The normalized spacial score (nSPS) is 12.6. The number of thiazole rings is 1. The number of rotatable bonds is 3. The van der Waals surface area contributed by atoms with Gasteiger partial charge in [0.15, 0.2) is 5.78 Å². The molecule has 0 aliphatic heterocycles. The molecular formula is C19H14FNO2S. The lowest BCUT2D eigenvalue weighted by molar-refractivity contribution is 0.106. The van der Waals surface area contributed by atoms with Crippen LogP contribution < -0.4 is 14.8 Å². The molecule has 0 atom stereocenters. The molecule has 0 fully saturated rings. The van der Waals surface area contributed by atoms with Crippen LogP contribution in [0.1, 0.15) is 21.5 Å². The Hall–Kier alpha value is -2.79. The number of hydrogen-bond donors (Lipinski definition) is 1. The highest BCUT2D eigenvalue weighted by atomic mass is 32.1. The Morgan fingerprint density at radius 2 is 1.83 bits per heavy atom. The minimum Gasteiger partial charge on any atom is -0.313 e. The largest absolute Gasteiger partial charge is 0.313 e. The minimum atomic E-state index is -0.329. The summed E-state index contributed by atoms with van der Waals surface area (Å²) in [5.74, 6) is -0.482. The lowest BCUT2D eigenvalue weighted by atomic mass is 10.1. The highest BCUT2D eigenvalue weighted by Crippen LogP contribution is 2.08. The molecular weight excluding hydrogens is 325 g/mol. The van der Waals surface area contributed by atoms with Crippen molar-refractivity contribution in [1.29, 1.82) is 0 Å². The average molecular weight is 339 g/mol. The van der Waals surface area contributed by atoms with E-state index in [0.717, 1.165) is 11.1 Å². The number of aryl methyl sites for hydroxylation is 1. The molecule has 0 unspecified atom stereocenters. The second-order valence-corrected chi connectivity index (χ2v) is 6.39. The molecule has 0 aliphatic carbocycles. The van der Waals surface area contributed by atoms with E-state index in [1.54, 1.807) is 30.3 Å². The first kappa shape index (κ1) is 16.1.